The van der Waals surface area contributed by atoms with E-state index < -0.39 is 0 Å². The Morgan fingerprint density at radius 3 is 1.96 bits per heavy atom. The number of phenolic OH excluding ortho intramolecular Hbond substituents is 1. The first-order chi connectivity index (χ1) is 13.2. The maximum absolute atomic E-state index is 12.1. The highest BCUT2D eigenvalue weighted by Gasteiger charge is 2.14. The number of benzene rings is 1. The molecule has 1 N–H and O–H groups in total. The average Bonchev–Trinajstić information content (AvgIpc) is 2.58. The number of carbonyl (C=O) groups excluding carboxylic acids is 1. The number of phenols is 1. The van der Waals surface area contributed by atoms with Gasteiger partial charge in [0.15, 0.2) is 0 Å². The lowest BCUT2D eigenvalue weighted by Crippen LogP contribution is -2.08. The molecule has 0 radical (unpaired) electrons. The number of esters is 1. The lowest BCUT2D eigenvalue weighted by Gasteiger charge is -2.16. The summed E-state index contributed by atoms with van der Waals surface area (Å²) in [5.74, 6) is 2.03. The number of aryl methyl sites for hydroxylation is 1. The highest BCUT2D eigenvalue weighted by molar-refractivity contribution is 5.69. The SMILES string of the molecule is CC(C)CCCCCOC(=O)CCc1cc(CC(C)C)c(O)c(CC(C)C)c1. The summed E-state index contributed by atoms with van der Waals surface area (Å²) in [6.07, 6.45) is 7.31. The van der Waals surface area contributed by atoms with Crippen LogP contribution in [-0.2, 0) is 28.8 Å². The molecule has 0 aliphatic rings. The molecule has 1 aromatic carbocycles. The van der Waals surface area contributed by atoms with Crippen LogP contribution in [-0.4, -0.2) is 17.7 Å². The molecular formula is C25H42O3. The predicted molar refractivity (Wildman–Crippen MR) is 118 cm³/mol. The van der Waals surface area contributed by atoms with E-state index in [1.54, 1.807) is 0 Å². The Labute approximate surface area is 172 Å². The van der Waals surface area contributed by atoms with Crippen LogP contribution in [0.2, 0.25) is 0 Å². The van der Waals surface area contributed by atoms with Crippen molar-refractivity contribution in [1.82, 2.24) is 0 Å². The van der Waals surface area contributed by atoms with Gasteiger partial charge in [-0.15, -0.1) is 0 Å². The zero-order valence-corrected chi connectivity index (χ0v) is 19.0. The van der Waals surface area contributed by atoms with Crippen molar-refractivity contribution < 1.29 is 14.6 Å². The fourth-order valence-corrected chi connectivity index (χ4v) is 3.50. The van der Waals surface area contributed by atoms with E-state index in [9.17, 15) is 9.90 Å². The van der Waals surface area contributed by atoms with Gasteiger partial charge in [0.05, 0.1) is 6.61 Å². The fourth-order valence-electron chi connectivity index (χ4n) is 3.50. The van der Waals surface area contributed by atoms with Crippen molar-refractivity contribution in [3.05, 3.63) is 28.8 Å². The van der Waals surface area contributed by atoms with Crippen LogP contribution < -0.4 is 0 Å². The van der Waals surface area contributed by atoms with Gasteiger partial charge in [0.1, 0.15) is 5.75 Å². The maximum atomic E-state index is 12.1. The molecule has 0 saturated carbocycles. The number of carbonyl (C=O) groups is 1. The minimum atomic E-state index is -0.118. The first-order valence-corrected chi connectivity index (χ1v) is 11.2. The van der Waals surface area contributed by atoms with E-state index in [0.717, 1.165) is 48.3 Å². The van der Waals surface area contributed by atoms with Crippen LogP contribution >= 0.6 is 0 Å². The van der Waals surface area contributed by atoms with Crippen LogP contribution in [0.5, 0.6) is 5.75 Å². The van der Waals surface area contributed by atoms with Gasteiger partial charge in [-0.3, -0.25) is 4.79 Å². The molecule has 160 valence electrons. The Balaban J connectivity index is 2.56. The summed E-state index contributed by atoms with van der Waals surface area (Å²) in [7, 11) is 0. The molecule has 0 atom stereocenters. The van der Waals surface area contributed by atoms with Gasteiger partial charge in [-0.25, -0.2) is 0 Å². The van der Waals surface area contributed by atoms with Crippen LogP contribution in [0, 0.1) is 17.8 Å². The van der Waals surface area contributed by atoms with Crippen molar-refractivity contribution in [3.8, 4) is 5.75 Å². The van der Waals surface area contributed by atoms with Crippen LogP contribution in [0.4, 0.5) is 0 Å². The summed E-state index contributed by atoms with van der Waals surface area (Å²) in [6, 6.07) is 4.14. The van der Waals surface area contributed by atoms with E-state index in [2.05, 4.69) is 53.7 Å². The van der Waals surface area contributed by atoms with E-state index >= 15 is 0 Å². The third-order valence-electron chi connectivity index (χ3n) is 4.89. The smallest absolute Gasteiger partial charge is 0.306 e. The fraction of sp³-hybridized carbons (Fsp3) is 0.720. The van der Waals surface area contributed by atoms with Gasteiger partial charge < -0.3 is 9.84 Å². The molecule has 3 heteroatoms. The quantitative estimate of drug-likeness (QED) is 0.310. The minimum absolute atomic E-state index is 0.118. The summed E-state index contributed by atoms with van der Waals surface area (Å²) >= 11 is 0. The Morgan fingerprint density at radius 2 is 1.46 bits per heavy atom. The second-order valence-electron chi connectivity index (χ2n) is 9.42. The largest absolute Gasteiger partial charge is 0.507 e. The first kappa shape index (κ1) is 24.5. The monoisotopic (exact) mass is 390 g/mol. The van der Waals surface area contributed by atoms with Crippen molar-refractivity contribution in [2.75, 3.05) is 6.61 Å². The number of hydrogen-bond donors (Lipinski definition) is 1. The molecular weight excluding hydrogens is 348 g/mol. The summed E-state index contributed by atoms with van der Waals surface area (Å²) in [4.78, 5) is 12.1. The van der Waals surface area contributed by atoms with Crippen LogP contribution in [0.1, 0.15) is 90.3 Å². The number of aromatic hydroxyl groups is 1. The van der Waals surface area contributed by atoms with Crippen LogP contribution in [0.15, 0.2) is 12.1 Å². The minimum Gasteiger partial charge on any atom is -0.507 e. The standard InChI is InChI=1S/C25H42O3/c1-18(2)10-8-7-9-13-28-24(26)12-11-21-16-22(14-19(3)4)25(27)23(17-21)15-20(5)6/h16-20,27H,7-15H2,1-6H3. The summed E-state index contributed by atoms with van der Waals surface area (Å²) < 4.78 is 5.40. The zero-order chi connectivity index (χ0) is 21.1. The highest BCUT2D eigenvalue weighted by Crippen LogP contribution is 2.29. The number of unbranched alkanes of at least 4 members (excludes halogenated alkanes) is 2. The van der Waals surface area contributed by atoms with Crippen LogP contribution in [0.3, 0.4) is 0 Å². The van der Waals surface area contributed by atoms with Crippen molar-refractivity contribution in [2.45, 2.75) is 92.9 Å². The molecule has 0 fully saturated rings. The summed E-state index contributed by atoms with van der Waals surface area (Å²) in [6.45, 7) is 13.6. The molecule has 3 nitrogen and oxygen atoms in total. The highest BCUT2D eigenvalue weighted by atomic mass is 16.5. The average molecular weight is 391 g/mol. The molecule has 0 amide bonds. The Bertz CT molecular complexity index is 556. The molecule has 0 spiro atoms. The van der Waals surface area contributed by atoms with E-state index in [1.165, 1.54) is 12.8 Å². The summed E-state index contributed by atoms with van der Waals surface area (Å²) in [5, 5.41) is 10.6. The molecule has 0 aliphatic carbocycles. The third kappa shape index (κ3) is 10.1. The number of hydrogen-bond acceptors (Lipinski definition) is 3. The van der Waals surface area contributed by atoms with Gasteiger partial charge in [0, 0.05) is 6.42 Å². The number of ether oxygens (including phenoxy) is 1. The van der Waals surface area contributed by atoms with Gasteiger partial charge in [-0.05, 0) is 60.1 Å². The van der Waals surface area contributed by atoms with Gasteiger partial charge in [-0.2, -0.15) is 0 Å². The zero-order valence-electron chi connectivity index (χ0n) is 19.0. The maximum Gasteiger partial charge on any atom is 0.306 e. The van der Waals surface area contributed by atoms with Crippen molar-refractivity contribution >= 4 is 5.97 Å². The predicted octanol–water partition coefficient (Wildman–Crippen LogP) is 6.48. The Kier molecular flexibility index (Phi) is 11.3. The number of rotatable bonds is 13. The van der Waals surface area contributed by atoms with E-state index in [0.29, 0.717) is 37.0 Å². The molecule has 28 heavy (non-hydrogen) atoms. The second-order valence-corrected chi connectivity index (χ2v) is 9.42. The van der Waals surface area contributed by atoms with Crippen LogP contribution in [0.25, 0.3) is 0 Å². The molecule has 0 heterocycles. The van der Waals surface area contributed by atoms with E-state index in [-0.39, 0.29) is 5.97 Å². The van der Waals surface area contributed by atoms with E-state index in [1.807, 2.05) is 0 Å². The topological polar surface area (TPSA) is 46.5 Å². The molecule has 0 saturated heterocycles. The normalized spacial score (nSPS) is 11.6. The molecule has 0 bridgehead atoms. The second kappa shape index (κ2) is 12.9. The van der Waals surface area contributed by atoms with Crippen molar-refractivity contribution in [3.63, 3.8) is 0 Å². The van der Waals surface area contributed by atoms with Gasteiger partial charge in [-0.1, -0.05) is 72.9 Å². The van der Waals surface area contributed by atoms with Gasteiger partial charge >= 0.3 is 5.97 Å². The van der Waals surface area contributed by atoms with Crippen molar-refractivity contribution in [1.29, 1.82) is 0 Å². The molecule has 1 aromatic rings. The lowest BCUT2D eigenvalue weighted by molar-refractivity contribution is -0.143. The summed E-state index contributed by atoms with van der Waals surface area (Å²) in [5.41, 5.74) is 3.13. The van der Waals surface area contributed by atoms with E-state index in [4.69, 9.17) is 4.74 Å². The van der Waals surface area contributed by atoms with Gasteiger partial charge in [0.25, 0.3) is 0 Å². The molecule has 0 aromatic heterocycles. The molecule has 1 rings (SSSR count). The third-order valence-corrected chi connectivity index (χ3v) is 4.89. The Morgan fingerprint density at radius 1 is 0.893 bits per heavy atom. The first-order valence-electron chi connectivity index (χ1n) is 11.2. The van der Waals surface area contributed by atoms with Gasteiger partial charge in [0.2, 0.25) is 0 Å². The Hall–Kier alpha value is -1.51. The lowest BCUT2D eigenvalue weighted by atomic mass is 9.92. The van der Waals surface area contributed by atoms with Crippen molar-refractivity contribution in [2.24, 2.45) is 17.8 Å². The molecule has 0 unspecified atom stereocenters. The molecule has 0 aliphatic heterocycles.